The highest BCUT2D eigenvalue weighted by molar-refractivity contribution is 9.10. The van der Waals surface area contributed by atoms with Gasteiger partial charge in [-0.1, -0.05) is 22.9 Å². The van der Waals surface area contributed by atoms with Crippen LogP contribution in [0.4, 0.5) is 5.69 Å². The van der Waals surface area contributed by atoms with Crippen molar-refractivity contribution in [3.63, 3.8) is 0 Å². The molecule has 0 saturated heterocycles. The number of nitrogens with zero attached hydrogens (tertiary/aromatic N) is 3. The van der Waals surface area contributed by atoms with E-state index in [0.717, 1.165) is 16.5 Å². The molecule has 7 heteroatoms. The van der Waals surface area contributed by atoms with E-state index in [1.54, 1.807) is 17.7 Å². The summed E-state index contributed by atoms with van der Waals surface area (Å²) in [5, 5.41) is 15.4. The molecule has 0 aliphatic heterocycles. The van der Waals surface area contributed by atoms with Gasteiger partial charge in [-0.2, -0.15) is 5.10 Å². The number of ether oxygens (including phenoxy) is 1. The normalized spacial score (nSPS) is 10.7. The van der Waals surface area contributed by atoms with E-state index in [2.05, 4.69) is 21.0 Å². The van der Waals surface area contributed by atoms with Crippen LogP contribution in [0.3, 0.4) is 0 Å². The van der Waals surface area contributed by atoms with E-state index in [-0.39, 0.29) is 11.6 Å². The van der Waals surface area contributed by atoms with Crippen molar-refractivity contribution in [2.45, 2.75) is 33.7 Å². The third-order valence-electron chi connectivity index (χ3n) is 3.01. The van der Waals surface area contributed by atoms with Crippen molar-refractivity contribution in [2.75, 3.05) is 0 Å². The fourth-order valence-electron chi connectivity index (χ4n) is 2.02. The highest BCUT2D eigenvalue weighted by atomic mass is 79.9. The highest BCUT2D eigenvalue weighted by Gasteiger charge is 2.27. The average Bonchev–Trinajstić information content (AvgIpc) is 2.70. The fourth-order valence-corrected chi connectivity index (χ4v) is 2.26. The number of benzene rings is 1. The van der Waals surface area contributed by atoms with Gasteiger partial charge in [0.15, 0.2) is 0 Å². The van der Waals surface area contributed by atoms with Crippen LogP contribution in [0.1, 0.15) is 24.6 Å². The van der Waals surface area contributed by atoms with Gasteiger partial charge in [0.05, 0.1) is 4.92 Å². The van der Waals surface area contributed by atoms with Crippen molar-refractivity contribution in [1.82, 2.24) is 9.78 Å². The van der Waals surface area contributed by atoms with Crippen LogP contribution in [-0.4, -0.2) is 14.7 Å². The quantitative estimate of drug-likeness (QED) is 0.590. The van der Waals surface area contributed by atoms with Gasteiger partial charge in [0.25, 0.3) is 5.88 Å². The zero-order chi connectivity index (χ0) is 15.6. The Kier molecular flexibility index (Phi) is 4.62. The Morgan fingerprint density at radius 2 is 2.14 bits per heavy atom. The Hall–Kier alpha value is -1.89. The molecule has 0 aliphatic rings. The second-order valence-corrected chi connectivity index (χ2v) is 5.59. The molecule has 0 aliphatic carbocycles. The number of halogens is 1. The molecule has 2 aromatic rings. The molecule has 112 valence electrons. The van der Waals surface area contributed by atoms with Gasteiger partial charge in [0.1, 0.15) is 11.4 Å². The molecule has 1 heterocycles. The average molecular weight is 354 g/mol. The Morgan fingerprint density at radius 3 is 2.71 bits per heavy atom. The molecule has 1 aromatic carbocycles. The van der Waals surface area contributed by atoms with Gasteiger partial charge in [0, 0.05) is 11.0 Å². The molecule has 0 fully saturated rings. The maximum absolute atomic E-state index is 11.2. The van der Waals surface area contributed by atoms with Crippen molar-refractivity contribution >= 4 is 21.6 Å². The molecule has 0 atom stereocenters. The standard InChI is InChI=1S/C14H16BrN3O3/c1-4-7-17-14(13(18(19)20)10(3)16-17)21-11-5-6-12(15)9(2)8-11/h5-6,8H,4,7H2,1-3H3. The van der Waals surface area contributed by atoms with Crippen molar-refractivity contribution < 1.29 is 9.66 Å². The van der Waals surface area contributed by atoms with Crippen LogP contribution in [0.15, 0.2) is 22.7 Å². The first-order valence-corrected chi connectivity index (χ1v) is 7.39. The molecule has 0 bridgehead atoms. The van der Waals surface area contributed by atoms with Gasteiger partial charge in [-0.05, 0) is 44.0 Å². The molecule has 2 rings (SSSR count). The van der Waals surface area contributed by atoms with E-state index in [1.165, 1.54) is 0 Å². The summed E-state index contributed by atoms with van der Waals surface area (Å²) >= 11 is 3.41. The zero-order valence-corrected chi connectivity index (χ0v) is 13.7. The Bertz CT molecular complexity index is 682. The summed E-state index contributed by atoms with van der Waals surface area (Å²) in [6, 6.07) is 5.44. The van der Waals surface area contributed by atoms with Gasteiger partial charge in [0.2, 0.25) is 0 Å². The number of nitro groups is 1. The van der Waals surface area contributed by atoms with Gasteiger partial charge in [-0.15, -0.1) is 0 Å². The highest BCUT2D eigenvalue weighted by Crippen LogP contribution is 2.35. The molecule has 0 N–H and O–H groups in total. The van der Waals surface area contributed by atoms with E-state index in [9.17, 15) is 10.1 Å². The maximum Gasteiger partial charge on any atom is 0.353 e. The summed E-state index contributed by atoms with van der Waals surface area (Å²) in [6.45, 7) is 6.10. The topological polar surface area (TPSA) is 70.2 Å². The van der Waals surface area contributed by atoms with Crippen LogP contribution in [-0.2, 0) is 6.54 Å². The van der Waals surface area contributed by atoms with Gasteiger partial charge in [-0.25, -0.2) is 4.68 Å². The van der Waals surface area contributed by atoms with Crippen LogP contribution in [0.25, 0.3) is 0 Å². The third-order valence-corrected chi connectivity index (χ3v) is 3.90. The zero-order valence-electron chi connectivity index (χ0n) is 12.1. The lowest BCUT2D eigenvalue weighted by molar-refractivity contribution is -0.386. The Morgan fingerprint density at radius 1 is 1.43 bits per heavy atom. The Labute approximate surface area is 131 Å². The van der Waals surface area contributed by atoms with Crippen molar-refractivity contribution in [3.8, 4) is 11.6 Å². The SMILES string of the molecule is CCCn1nc(C)c([N+](=O)[O-])c1Oc1ccc(Br)c(C)c1. The molecule has 6 nitrogen and oxygen atoms in total. The van der Waals surface area contributed by atoms with E-state index in [0.29, 0.717) is 18.0 Å². The maximum atomic E-state index is 11.2. The first kappa shape index (κ1) is 15.5. The predicted octanol–water partition coefficient (Wildman–Crippen LogP) is 4.37. The van der Waals surface area contributed by atoms with E-state index < -0.39 is 4.92 Å². The van der Waals surface area contributed by atoms with E-state index in [4.69, 9.17) is 4.74 Å². The molecule has 21 heavy (non-hydrogen) atoms. The molecule has 0 amide bonds. The van der Waals surface area contributed by atoms with Crippen LogP contribution in [0, 0.1) is 24.0 Å². The molecule has 0 unspecified atom stereocenters. The minimum atomic E-state index is -0.449. The van der Waals surface area contributed by atoms with Crippen LogP contribution in [0.5, 0.6) is 11.6 Å². The third kappa shape index (κ3) is 3.24. The van der Waals surface area contributed by atoms with Crippen molar-refractivity contribution in [3.05, 3.63) is 44.0 Å². The first-order chi connectivity index (χ1) is 9.93. The second-order valence-electron chi connectivity index (χ2n) is 4.73. The van der Waals surface area contributed by atoms with Crippen molar-refractivity contribution in [2.24, 2.45) is 0 Å². The number of hydrogen-bond acceptors (Lipinski definition) is 4. The number of rotatable bonds is 5. The largest absolute Gasteiger partial charge is 0.434 e. The lowest BCUT2D eigenvalue weighted by Gasteiger charge is -2.08. The lowest BCUT2D eigenvalue weighted by atomic mass is 10.2. The van der Waals surface area contributed by atoms with Crippen LogP contribution >= 0.6 is 15.9 Å². The summed E-state index contributed by atoms with van der Waals surface area (Å²) in [6.07, 6.45) is 0.813. The van der Waals surface area contributed by atoms with Gasteiger partial charge in [-0.3, -0.25) is 10.1 Å². The van der Waals surface area contributed by atoms with Crippen LogP contribution in [0.2, 0.25) is 0 Å². The van der Waals surface area contributed by atoms with E-state index in [1.807, 2.05) is 26.0 Å². The first-order valence-electron chi connectivity index (χ1n) is 6.59. The number of hydrogen-bond donors (Lipinski definition) is 0. The summed E-state index contributed by atoms with van der Waals surface area (Å²) in [5.74, 6) is 0.733. The smallest absolute Gasteiger partial charge is 0.353 e. The van der Waals surface area contributed by atoms with Gasteiger partial charge >= 0.3 is 5.69 Å². The molecule has 0 spiro atoms. The van der Waals surface area contributed by atoms with E-state index >= 15 is 0 Å². The lowest BCUT2D eigenvalue weighted by Crippen LogP contribution is -2.02. The summed E-state index contributed by atoms with van der Waals surface area (Å²) < 4.78 is 8.26. The van der Waals surface area contributed by atoms with Crippen molar-refractivity contribution in [1.29, 1.82) is 0 Å². The summed E-state index contributed by atoms with van der Waals surface area (Å²) in [5.41, 5.74) is 1.27. The minimum Gasteiger partial charge on any atom is -0.434 e. The molecular weight excluding hydrogens is 338 g/mol. The second kappa shape index (κ2) is 6.26. The van der Waals surface area contributed by atoms with Crippen LogP contribution < -0.4 is 4.74 Å². The predicted molar refractivity (Wildman–Crippen MR) is 82.9 cm³/mol. The number of aryl methyl sites for hydroxylation is 3. The molecule has 1 aromatic heterocycles. The summed E-state index contributed by atoms with van der Waals surface area (Å²) in [4.78, 5) is 10.8. The van der Waals surface area contributed by atoms with Gasteiger partial charge < -0.3 is 4.74 Å². The number of aromatic nitrogens is 2. The Balaban J connectivity index is 2.45. The fraction of sp³-hybridized carbons (Fsp3) is 0.357. The molecule has 0 saturated carbocycles. The monoisotopic (exact) mass is 353 g/mol. The minimum absolute atomic E-state index is 0.0796. The summed E-state index contributed by atoms with van der Waals surface area (Å²) in [7, 11) is 0. The molecular formula is C14H16BrN3O3. The molecule has 0 radical (unpaired) electrons.